The average Bonchev–Trinajstić information content (AvgIpc) is 2.33. The molecule has 0 heterocycles. The van der Waals surface area contributed by atoms with Gasteiger partial charge in [-0.2, -0.15) is 0 Å². The summed E-state index contributed by atoms with van der Waals surface area (Å²) in [5, 5.41) is 0. The normalized spacial score (nSPS) is 14.1. The van der Waals surface area contributed by atoms with Gasteiger partial charge in [0.15, 0.2) is 0 Å². The van der Waals surface area contributed by atoms with E-state index in [0.29, 0.717) is 5.92 Å². The van der Waals surface area contributed by atoms with E-state index in [2.05, 4.69) is 51.1 Å². The first-order valence-electron chi connectivity index (χ1n) is 5.80. The third-order valence-electron chi connectivity index (χ3n) is 3.69. The molecule has 0 saturated carbocycles. The van der Waals surface area contributed by atoms with Gasteiger partial charge in [-0.1, -0.05) is 51.1 Å². The highest BCUT2D eigenvalue weighted by Gasteiger charge is 2.32. The first kappa shape index (κ1) is 12.5. The molecule has 1 atom stereocenters. The molecule has 1 rings (SSSR count). The van der Waals surface area contributed by atoms with Crippen molar-refractivity contribution in [1.29, 1.82) is 0 Å². The van der Waals surface area contributed by atoms with Crippen LogP contribution in [-0.2, 0) is 4.43 Å². The first-order chi connectivity index (χ1) is 7.20. The largest absolute Gasteiger partial charge is 0.422 e. The summed E-state index contributed by atoms with van der Waals surface area (Å²) < 4.78 is 5.89. The fourth-order valence-electron chi connectivity index (χ4n) is 2.37. The van der Waals surface area contributed by atoms with E-state index in [4.69, 9.17) is 4.43 Å². The van der Waals surface area contributed by atoms with Gasteiger partial charge in [-0.15, -0.1) is 0 Å². The van der Waals surface area contributed by atoms with Crippen LogP contribution in [0.5, 0.6) is 0 Å². The highest BCUT2D eigenvalue weighted by atomic mass is 28.2. The highest BCUT2D eigenvalue weighted by Crippen LogP contribution is 2.35. The molecule has 2 heteroatoms. The topological polar surface area (TPSA) is 9.23 Å². The van der Waals surface area contributed by atoms with Gasteiger partial charge in [-0.3, -0.25) is 0 Å². The van der Waals surface area contributed by atoms with E-state index in [-0.39, 0.29) is 5.60 Å². The zero-order valence-corrected chi connectivity index (χ0v) is 12.3. The Kier molecular flexibility index (Phi) is 4.55. The monoisotopic (exact) mass is 222 g/mol. The summed E-state index contributed by atoms with van der Waals surface area (Å²) in [5.41, 5.74) is 1.44. The maximum Gasteiger partial charge on any atom is 0.146 e. The predicted molar refractivity (Wildman–Crippen MR) is 69.2 cm³/mol. The summed E-state index contributed by atoms with van der Waals surface area (Å²) in [4.78, 5) is 0. The molecule has 0 bridgehead atoms. The van der Waals surface area contributed by atoms with E-state index in [1.54, 1.807) is 0 Å². The van der Waals surface area contributed by atoms with Crippen molar-refractivity contribution < 1.29 is 4.43 Å². The van der Waals surface area contributed by atoms with Crippen molar-refractivity contribution in [2.24, 2.45) is 0 Å². The number of hydrogen-bond donors (Lipinski definition) is 0. The summed E-state index contributed by atoms with van der Waals surface area (Å²) in [6.45, 7) is 6.72. The molecule has 84 valence electrons. The van der Waals surface area contributed by atoms with Crippen LogP contribution in [0.3, 0.4) is 0 Å². The maximum absolute atomic E-state index is 5.89. The van der Waals surface area contributed by atoms with Crippen LogP contribution in [0.4, 0.5) is 0 Å². The molecular weight excluding hydrogens is 200 g/mol. The quantitative estimate of drug-likeness (QED) is 0.696. The molecule has 0 amide bonds. The molecule has 1 nitrogen and oxygen atoms in total. The lowest BCUT2D eigenvalue weighted by Gasteiger charge is -2.37. The van der Waals surface area contributed by atoms with E-state index in [1.807, 2.05) is 0 Å². The first-order valence-corrected chi connectivity index (χ1v) is 6.62. The lowest BCUT2D eigenvalue weighted by atomic mass is 9.80. The number of benzene rings is 1. The third-order valence-corrected chi connectivity index (χ3v) is 4.51. The van der Waals surface area contributed by atoms with Gasteiger partial charge in [0, 0.05) is 5.92 Å². The fourth-order valence-corrected chi connectivity index (χ4v) is 3.30. The average molecular weight is 222 g/mol. The van der Waals surface area contributed by atoms with Crippen LogP contribution in [0.15, 0.2) is 30.3 Å². The molecule has 0 aliphatic carbocycles. The van der Waals surface area contributed by atoms with Crippen LogP contribution in [0.1, 0.15) is 45.1 Å². The van der Waals surface area contributed by atoms with Gasteiger partial charge in [0.1, 0.15) is 10.5 Å². The molecule has 0 aliphatic rings. The Bertz CT molecular complexity index is 272. The SMILES string of the molecule is CCC(CC)(O[SiH3])C(C)c1ccccc1. The van der Waals surface area contributed by atoms with Crippen molar-refractivity contribution in [3.8, 4) is 0 Å². The summed E-state index contributed by atoms with van der Waals surface area (Å²) in [7, 11) is 0.814. The zero-order chi connectivity index (χ0) is 11.3. The van der Waals surface area contributed by atoms with E-state index >= 15 is 0 Å². The van der Waals surface area contributed by atoms with Gasteiger partial charge in [-0.25, -0.2) is 0 Å². The lowest BCUT2D eigenvalue weighted by molar-refractivity contribution is 0.0459. The Balaban J connectivity index is 2.95. The van der Waals surface area contributed by atoms with Crippen LogP contribution in [0.25, 0.3) is 0 Å². The van der Waals surface area contributed by atoms with Crippen molar-refractivity contribution >= 4 is 10.5 Å². The van der Waals surface area contributed by atoms with E-state index < -0.39 is 0 Å². The summed E-state index contributed by atoms with van der Waals surface area (Å²) in [6.07, 6.45) is 2.17. The fraction of sp³-hybridized carbons (Fsp3) is 0.538. The smallest absolute Gasteiger partial charge is 0.146 e. The molecule has 1 aromatic rings. The highest BCUT2D eigenvalue weighted by molar-refractivity contribution is 5.98. The van der Waals surface area contributed by atoms with Gasteiger partial charge >= 0.3 is 0 Å². The molecule has 0 spiro atoms. The molecule has 0 aliphatic heterocycles. The van der Waals surface area contributed by atoms with Crippen molar-refractivity contribution in [2.45, 2.75) is 45.1 Å². The van der Waals surface area contributed by atoms with Crippen molar-refractivity contribution in [1.82, 2.24) is 0 Å². The summed E-state index contributed by atoms with van der Waals surface area (Å²) in [6, 6.07) is 10.7. The molecule has 0 aromatic heterocycles. The Morgan fingerprint density at radius 1 is 1.20 bits per heavy atom. The van der Waals surface area contributed by atoms with Gasteiger partial charge in [0.25, 0.3) is 0 Å². The minimum absolute atomic E-state index is 0.0492. The third kappa shape index (κ3) is 2.50. The number of hydrogen-bond acceptors (Lipinski definition) is 1. The Morgan fingerprint density at radius 2 is 1.73 bits per heavy atom. The second kappa shape index (κ2) is 5.47. The van der Waals surface area contributed by atoms with Crippen molar-refractivity contribution in [2.75, 3.05) is 0 Å². The molecular formula is C13H22OSi. The second-order valence-corrected chi connectivity index (χ2v) is 4.52. The van der Waals surface area contributed by atoms with Crippen LogP contribution in [-0.4, -0.2) is 16.1 Å². The van der Waals surface area contributed by atoms with Gasteiger partial charge in [0.05, 0.1) is 5.60 Å². The van der Waals surface area contributed by atoms with Crippen molar-refractivity contribution in [3.63, 3.8) is 0 Å². The van der Waals surface area contributed by atoms with Gasteiger partial charge < -0.3 is 4.43 Å². The van der Waals surface area contributed by atoms with E-state index in [9.17, 15) is 0 Å². The Labute approximate surface area is 96.4 Å². The molecule has 0 fully saturated rings. The maximum atomic E-state index is 5.89. The molecule has 1 aromatic carbocycles. The standard InChI is InChI=1S/C13H22OSi/c1-4-13(5-2,14-15)11(3)12-9-7-6-8-10-12/h6-11H,4-5H2,1-3,15H3. The van der Waals surface area contributed by atoms with Crippen LogP contribution in [0, 0.1) is 0 Å². The second-order valence-electron chi connectivity index (χ2n) is 4.11. The predicted octanol–water partition coefficient (Wildman–Crippen LogP) is 2.65. The van der Waals surface area contributed by atoms with Crippen LogP contribution < -0.4 is 0 Å². The molecule has 1 unspecified atom stereocenters. The minimum Gasteiger partial charge on any atom is -0.422 e. The van der Waals surface area contributed by atoms with E-state index in [1.165, 1.54) is 5.56 Å². The molecule has 15 heavy (non-hydrogen) atoms. The van der Waals surface area contributed by atoms with E-state index in [0.717, 1.165) is 23.3 Å². The van der Waals surface area contributed by atoms with Crippen LogP contribution >= 0.6 is 0 Å². The van der Waals surface area contributed by atoms with Gasteiger partial charge in [0.2, 0.25) is 0 Å². The Morgan fingerprint density at radius 3 is 2.13 bits per heavy atom. The van der Waals surface area contributed by atoms with Crippen molar-refractivity contribution in [3.05, 3.63) is 35.9 Å². The molecule has 0 N–H and O–H groups in total. The Hall–Kier alpha value is -0.603. The number of rotatable bonds is 5. The van der Waals surface area contributed by atoms with Gasteiger partial charge in [-0.05, 0) is 18.4 Å². The summed E-state index contributed by atoms with van der Waals surface area (Å²) in [5.74, 6) is 0.478. The molecule has 0 saturated heterocycles. The lowest BCUT2D eigenvalue weighted by Crippen LogP contribution is -2.36. The summed E-state index contributed by atoms with van der Waals surface area (Å²) >= 11 is 0. The van der Waals surface area contributed by atoms with Crippen LogP contribution in [0.2, 0.25) is 0 Å². The molecule has 0 radical (unpaired) electrons. The minimum atomic E-state index is 0.0492. The zero-order valence-electron chi connectivity index (χ0n) is 10.3.